The van der Waals surface area contributed by atoms with Crippen LogP contribution in [0.3, 0.4) is 0 Å². The highest BCUT2D eigenvalue weighted by molar-refractivity contribution is 9.10. The number of ether oxygens (including phenoxy) is 1. The third-order valence-electron chi connectivity index (χ3n) is 4.24. The van der Waals surface area contributed by atoms with Gasteiger partial charge in [0.2, 0.25) is 7.85 Å². The van der Waals surface area contributed by atoms with Crippen LogP contribution >= 0.6 is 15.9 Å². The van der Waals surface area contributed by atoms with E-state index in [1.54, 1.807) is 22.6 Å². The van der Waals surface area contributed by atoms with Crippen molar-refractivity contribution < 1.29 is 9.53 Å². The Hall–Kier alpha value is -2.52. The second-order valence-electron chi connectivity index (χ2n) is 6.00. The van der Waals surface area contributed by atoms with Crippen molar-refractivity contribution in [2.45, 2.75) is 6.61 Å². The van der Waals surface area contributed by atoms with Crippen LogP contribution in [-0.2, 0) is 18.4 Å². The van der Waals surface area contributed by atoms with Gasteiger partial charge >= 0.3 is 0 Å². The smallest absolute Gasteiger partial charge is 0.217 e. The van der Waals surface area contributed by atoms with E-state index in [1.807, 2.05) is 31.3 Å². The predicted octanol–water partition coefficient (Wildman–Crippen LogP) is 2.50. The molecule has 0 aliphatic heterocycles. The molecule has 0 spiro atoms. The van der Waals surface area contributed by atoms with Gasteiger partial charge in [-0.05, 0) is 28.1 Å². The van der Waals surface area contributed by atoms with Crippen molar-refractivity contribution in [1.29, 1.82) is 0 Å². The summed E-state index contributed by atoms with van der Waals surface area (Å²) in [6.45, 7) is 0.418. The number of methoxy groups -OCH3 is 1. The molecule has 7 nitrogen and oxygen atoms in total. The molecular formula is C17H15BBrN5O2. The molecule has 9 heteroatoms. The van der Waals surface area contributed by atoms with Crippen molar-refractivity contribution in [3.05, 3.63) is 40.5 Å². The summed E-state index contributed by atoms with van der Waals surface area (Å²) in [5.74, 6) is 0.375. The lowest BCUT2D eigenvalue weighted by Crippen LogP contribution is -2.10. The molecule has 3 aromatic heterocycles. The minimum atomic E-state index is -0.126. The van der Waals surface area contributed by atoms with Gasteiger partial charge in [-0.25, -0.2) is 14.6 Å². The lowest BCUT2D eigenvalue weighted by Gasteiger charge is -2.04. The van der Waals surface area contributed by atoms with Crippen LogP contribution in [0.1, 0.15) is 5.56 Å². The van der Waals surface area contributed by atoms with Crippen molar-refractivity contribution in [2.24, 2.45) is 7.05 Å². The predicted molar refractivity (Wildman–Crippen MR) is 105 cm³/mol. The summed E-state index contributed by atoms with van der Waals surface area (Å²) >= 11 is 3.45. The van der Waals surface area contributed by atoms with Gasteiger partial charge in [-0.3, -0.25) is 9.36 Å². The van der Waals surface area contributed by atoms with Crippen molar-refractivity contribution in [2.75, 3.05) is 7.11 Å². The molecule has 0 saturated carbocycles. The largest absolute Gasteiger partial charge is 0.380 e. The number of nitrogens with zero attached hydrogens (tertiary/aromatic N) is 5. The summed E-state index contributed by atoms with van der Waals surface area (Å²) in [4.78, 5) is 21.6. The lowest BCUT2D eigenvalue weighted by molar-refractivity contribution is 0.186. The van der Waals surface area contributed by atoms with Crippen LogP contribution in [0.25, 0.3) is 33.6 Å². The Labute approximate surface area is 158 Å². The van der Waals surface area contributed by atoms with Gasteiger partial charge < -0.3 is 4.74 Å². The first-order valence-electron chi connectivity index (χ1n) is 8.00. The van der Waals surface area contributed by atoms with Crippen molar-refractivity contribution in [1.82, 2.24) is 24.3 Å². The highest BCUT2D eigenvalue weighted by atomic mass is 79.9. The van der Waals surface area contributed by atoms with Crippen molar-refractivity contribution in [3.63, 3.8) is 0 Å². The first-order valence-corrected chi connectivity index (χ1v) is 8.79. The van der Waals surface area contributed by atoms with Crippen molar-refractivity contribution in [3.8, 4) is 11.5 Å². The van der Waals surface area contributed by atoms with Crippen molar-refractivity contribution >= 4 is 51.6 Å². The second-order valence-corrected chi connectivity index (χ2v) is 6.92. The second kappa shape index (κ2) is 6.33. The Morgan fingerprint density at radius 3 is 2.92 bits per heavy atom. The molecule has 0 fully saturated rings. The molecule has 26 heavy (non-hydrogen) atoms. The molecule has 0 aliphatic carbocycles. The van der Waals surface area contributed by atoms with E-state index in [0.29, 0.717) is 18.1 Å². The molecule has 4 aromatic rings. The number of aryl methyl sites for hydroxylation is 1. The zero-order chi connectivity index (χ0) is 18.4. The molecule has 1 aromatic carbocycles. The van der Waals surface area contributed by atoms with Crippen LogP contribution in [0.2, 0.25) is 0 Å². The number of hydrogen-bond donors (Lipinski definition) is 0. The Morgan fingerprint density at radius 1 is 1.38 bits per heavy atom. The zero-order valence-corrected chi connectivity index (χ0v) is 16.1. The van der Waals surface area contributed by atoms with Gasteiger partial charge in [-0.15, -0.1) is 0 Å². The van der Waals surface area contributed by atoms with Crippen LogP contribution in [0.15, 0.2) is 34.9 Å². The van der Waals surface area contributed by atoms with E-state index in [4.69, 9.17) is 9.72 Å². The molecule has 3 heterocycles. The lowest BCUT2D eigenvalue weighted by atomic mass is 10.1. The number of carbonyl (C=O) groups is 1. The highest BCUT2D eigenvalue weighted by Crippen LogP contribution is 2.31. The van der Waals surface area contributed by atoms with Gasteiger partial charge in [0.05, 0.1) is 23.0 Å². The Balaban J connectivity index is 2.09. The van der Waals surface area contributed by atoms with E-state index in [-0.39, 0.29) is 5.81 Å². The average Bonchev–Trinajstić information content (AvgIpc) is 3.14. The molecule has 0 N–H and O–H groups in total. The van der Waals surface area contributed by atoms with Crippen LogP contribution < -0.4 is 0 Å². The van der Waals surface area contributed by atoms with E-state index in [1.165, 1.54) is 7.85 Å². The Morgan fingerprint density at radius 2 is 2.19 bits per heavy atom. The SMILES string of the molecule is BC(=O)n1c(-c2nn(C)c3ncc(Br)cc23)nc2c(COC)cccc21. The number of halogens is 1. The number of benzene rings is 1. The number of pyridine rings is 1. The monoisotopic (exact) mass is 411 g/mol. The Kier molecular flexibility index (Phi) is 4.12. The summed E-state index contributed by atoms with van der Waals surface area (Å²) in [6.07, 6.45) is 1.72. The fraction of sp³-hybridized carbons (Fsp3) is 0.176. The summed E-state index contributed by atoms with van der Waals surface area (Å²) in [5.41, 5.74) is 3.74. The molecule has 0 bridgehead atoms. The number of imidazole rings is 1. The maximum Gasteiger partial charge on any atom is 0.217 e. The fourth-order valence-electron chi connectivity index (χ4n) is 3.19. The van der Waals surface area contributed by atoms with Crippen LogP contribution in [0.5, 0.6) is 0 Å². The number of fused-ring (bicyclic) bond motifs is 2. The fourth-order valence-corrected chi connectivity index (χ4v) is 3.52. The van der Waals surface area contributed by atoms with E-state index >= 15 is 0 Å². The third kappa shape index (κ3) is 2.55. The molecule has 0 radical (unpaired) electrons. The third-order valence-corrected chi connectivity index (χ3v) is 4.67. The topological polar surface area (TPSA) is 74.8 Å². The minimum Gasteiger partial charge on any atom is -0.380 e. The average molecular weight is 412 g/mol. The summed E-state index contributed by atoms with van der Waals surface area (Å²) in [5, 5.41) is 5.41. The molecule has 130 valence electrons. The molecule has 0 saturated heterocycles. The first-order chi connectivity index (χ1) is 12.5. The van der Waals surface area contributed by atoms with Crippen LogP contribution in [-0.4, -0.2) is 45.1 Å². The minimum absolute atomic E-state index is 0.126. The van der Waals surface area contributed by atoms with Crippen LogP contribution in [0, 0.1) is 0 Å². The quantitative estimate of drug-likeness (QED) is 0.484. The number of rotatable bonds is 3. The first kappa shape index (κ1) is 16.9. The zero-order valence-electron chi connectivity index (χ0n) is 14.5. The standard InChI is InChI=1S/C17H15BBrN5O2/c1-23-15-11(6-10(19)7-20-15)14(22-23)16-21-13-9(8-26-2)4-3-5-12(13)24(16)17(18)25/h3-7H,8,18H2,1-2H3. The molecule has 4 rings (SSSR count). The maximum absolute atomic E-state index is 12.4. The summed E-state index contributed by atoms with van der Waals surface area (Å²) < 4.78 is 9.39. The number of para-hydroxylation sites is 1. The van der Waals surface area contributed by atoms with Gasteiger partial charge in [0.25, 0.3) is 0 Å². The molecule has 0 atom stereocenters. The van der Waals surface area contributed by atoms with Gasteiger partial charge in [-0.1, -0.05) is 12.1 Å². The van der Waals surface area contributed by atoms with E-state index in [2.05, 4.69) is 26.0 Å². The van der Waals surface area contributed by atoms with E-state index in [0.717, 1.165) is 32.1 Å². The summed E-state index contributed by atoms with van der Waals surface area (Å²) in [7, 11) is 4.98. The van der Waals surface area contributed by atoms with E-state index < -0.39 is 0 Å². The van der Waals surface area contributed by atoms with E-state index in [9.17, 15) is 4.79 Å². The summed E-state index contributed by atoms with van der Waals surface area (Å²) in [6, 6.07) is 7.66. The van der Waals surface area contributed by atoms with Gasteiger partial charge in [0.15, 0.2) is 17.3 Å². The molecule has 0 unspecified atom stereocenters. The Bertz CT molecular complexity index is 1170. The number of hydrogen-bond acceptors (Lipinski definition) is 5. The van der Waals surface area contributed by atoms with Gasteiger partial charge in [-0.2, -0.15) is 5.10 Å². The molecule has 0 aliphatic rings. The van der Waals surface area contributed by atoms with Gasteiger partial charge in [0.1, 0.15) is 5.69 Å². The van der Waals surface area contributed by atoms with Crippen LogP contribution in [0.4, 0.5) is 4.79 Å². The number of carbonyl (C=O) groups excluding carboxylic acids is 1. The maximum atomic E-state index is 12.4. The molecular weight excluding hydrogens is 397 g/mol. The molecule has 0 amide bonds. The highest BCUT2D eigenvalue weighted by Gasteiger charge is 2.22. The normalized spacial score (nSPS) is 11.5. The number of aromatic nitrogens is 5. The van der Waals surface area contributed by atoms with Gasteiger partial charge in [0, 0.05) is 30.4 Å².